The van der Waals surface area contributed by atoms with Gasteiger partial charge in [0.25, 0.3) is 11.8 Å². The van der Waals surface area contributed by atoms with Crippen LogP contribution in [0.25, 0.3) is 10.9 Å². The number of nitrogens with zero attached hydrogens (tertiary/aromatic N) is 2. The number of hydrogen-bond acceptors (Lipinski definition) is 4. The van der Waals surface area contributed by atoms with E-state index in [0.717, 1.165) is 47.2 Å². The Morgan fingerprint density at radius 2 is 1.97 bits per heavy atom. The number of nitrogens with one attached hydrogen (secondary N) is 2. The molecule has 1 saturated heterocycles. The first-order valence-electron chi connectivity index (χ1n) is 13.3. The van der Waals surface area contributed by atoms with E-state index in [0.29, 0.717) is 30.8 Å². The van der Waals surface area contributed by atoms with Crippen LogP contribution in [0.2, 0.25) is 0 Å². The Hall–Kier alpha value is -4.07. The second-order valence-electron chi connectivity index (χ2n) is 10.4. The van der Waals surface area contributed by atoms with Crippen molar-refractivity contribution in [2.45, 2.75) is 51.0 Å². The molecule has 4 amide bonds. The molecule has 3 heterocycles. The average Bonchev–Trinajstić information content (AvgIpc) is 3.41. The smallest absolute Gasteiger partial charge is 0.332 e. The molecule has 0 bridgehead atoms. The van der Waals surface area contributed by atoms with Gasteiger partial charge in [-0.25, -0.2) is 9.69 Å². The number of imide groups is 1. The van der Waals surface area contributed by atoms with Crippen LogP contribution in [-0.2, 0) is 16.8 Å². The van der Waals surface area contributed by atoms with Gasteiger partial charge in [-0.15, -0.1) is 0 Å². The van der Waals surface area contributed by atoms with Crippen LogP contribution in [-0.4, -0.2) is 47.9 Å². The maximum Gasteiger partial charge on any atom is 0.332 e. The number of anilines is 1. The fraction of sp³-hybridized carbons (Fsp3) is 0.367. The van der Waals surface area contributed by atoms with E-state index in [2.05, 4.69) is 16.4 Å². The Morgan fingerprint density at radius 3 is 2.76 bits per heavy atom. The van der Waals surface area contributed by atoms with E-state index >= 15 is 0 Å². The number of fused-ring (bicyclic) bond motifs is 5. The maximum absolute atomic E-state index is 14.1. The van der Waals surface area contributed by atoms with Crippen molar-refractivity contribution in [2.24, 2.45) is 0 Å². The molecule has 1 unspecified atom stereocenters. The molecule has 0 saturated carbocycles. The minimum atomic E-state index is -1.20. The minimum absolute atomic E-state index is 0.286. The Labute approximate surface area is 221 Å². The molecule has 38 heavy (non-hydrogen) atoms. The lowest BCUT2D eigenvalue weighted by Gasteiger charge is -2.35. The third kappa shape index (κ3) is 3.69. The van der Waals surface area contributed by atoms with Gasteiger partial charge >= 0.3 is 6.03 Å². The summed E-state index contributed by atoms with van der Waals surface area (Å²) >= 11 is 0. The zero-order valence-electron chi connectivity index (χ0n) is 21.8. The van der Waals surface area contributed by atoms with Gasteiger partial charge in [0.15, 0.2) is 5.54 Å². The number of aromatic amines is 1. The van der Waals surface area contributed by atoms with Crippen molar-refractivity contribution in [1.82, 2.24) is 15.2 Å². The summed E-state index contributed by atoms with van der Waals surface area (Å²) in [6.45, 7) is 2.71. The largest absolute Gasteiger partial charge is 0.497 e. The lowest BCUT2D eigenvalue weighted by atomic mass is 9.87. The van der Waals surface area contributed by atoms with Gasteiger partial charge in [-0.05, 0) is 81.3 Å². The van der Waals surface area contributed by atoms with Gasteiger partial charge in [-0.2, -0.15) is 0 Å². The highest BCUT2D eigenvalue weighted by Gasteiger charge is 2.59. The number of amides is 4. The lowest BCUT2D eigenvalue weighted by molar-refractivity contribution is -0.125. The van der Waals surface area contributed by atoms with Crippen LogP contribution >= 0.6 is 0 Å². The predicted octanol–water partition coefficient (Wildman–Crippen LogP) is 5.04. The second kappa shape index (κ2) is 9.35. The quantitative estimate of drug-likeness (QED) is 0.358. The molecule has 6 rings (SSSR count). The molecule has 1 aromatic heterocycles. The summed E-state index contributed by atoms with van der Waals surface area (Å²) in [5.41, 5.74) is 3.44. The molecule has 1 aliphatic carbocycles. The van der Waals surface area contributed by atoms with Gasteiger partial charge in [0.1, 0.15) is 5.75 Å². The highest BCUT2D eigenvalue weighted by molar-refractivity contribution is 6.25. The standard InChI is InChI=1S/C30H32N4O4/c1-30-26-21(23-18-20(38-2)12-13-24(23)32-26)15-17-33(30)29(37)34(28(30)36)25-11-7-6-10-22(25)27(35)31-16-14-19-8-4-3-5-9-19/h6-8,10-13,18,32H,3-5,9,14-17H2,1-2H3,(H,31,35). The number of rotatable bonds is 6. The fourth-order valence-corrected chi connectivity index (χ4v) is 6.18. The molecule has 8 nitrogen and oxygen atoms in total. The van der Waals surface area contributed by atoms with Crippen LogP contribution in [0, 0.1) is 0 Å². The first kappa shape index (κ1) is 24.3. The normalized spacial score (nSPS) is 20.8. The first-order valence-corrected chi connectivity index (χ1v) is 13.3. The summed E-state index contributed by atoms with van der Waals surface area (Å²) in [6, 6.07) is 12.2. The van der Waals surface area contributed by atoms with E-state index in [1.807, 2.05) is 18.2 Å². The number of carbonyl (C=O) groups excluding carboxylic acids is 3. The number of H-pyrrole nitrogens is 1. The van der Waals surface area contributed by atoms with E-state index in [1.54, 1.807) is 43.2 Å². The second-order valence-corrected chi connectivity index (χ2v) is 10.4. The molecular formula is C30H32N4O4. The van der Waals surface area contributed by atoms with E-state index in [1.165, 1.54) is 23.3 Å². The zero-order chi connectivity index (χ0) is 26.4. The van der Waals surface area contributed by atoms with Crippen LogP contribution in [0.4, 0.5) is 10.5 Å². The van der Waals surface area contributed by atoms with Gasteiger partial charge in [0.2, 0.25) is 0 Å². The maximum atomic E-state index is 14.1. The number of aromatic nitrogens is 1. The Balaban J connectivity index is 1.31. The minimum Gasteiger partial charge on any atom is -0.497 e. The number of allylic oxidation sites excluding steroid dienone is 1. The van der Waals surface area contributed by atoms with Crippen LogP contribution in [0.15, 0.2) is 54.1 Å². The molecular weight excluding hydrogens is 480 g/mol. The summed E-state index contributed by atoms with van der Waals surface area (Å²) in [6.07, 6.45) is 8.31. The molecule has 3 aliphatic rings. The molecule has 8 heteroatoms. The molecule has 0 spiro atoms. The van der Waals surface area contributed by atoms with Crippen molar-refractivity contribution < 1.29 is 19.1 Å². The van der Waals surface area contributed by atoms with Crippen LogP contribution in [0.3, 0.4) is 0 Å². The number of para-hydroxylation sites is 1. The van der Waals surface area contributed by atoms with E-state index < -0.39 is 11.6 Å². The van der Waals surface area contributed by atoms with E-state index in [-0.39, 0.29) is 11.8 Å². The molecule has 0 radical (unpaired) electrons. The summed E-state index contributed by atoms with van der Waals surface area (Å²) in [5.74, 6) is 0.0858. The summed E-state index contributed by atoms with van der Waals surface area (Å²) in [7, 11) is 1.63. The Bertz CT molecular complexity index is 1490. The topological polar surface area (TPSA) is 94.7 Å². The van der Waals surface area contributed by atoms with Crippen molar-refractivity contribution in [3.05, 3.63) is 70.9 Å². The third-order valence-electron chi connectivity index (χ3n) is 8.27. The number of carbonyl (C=O) groups is 3. The summed E-state index contributed by atoms with van der Waals surface area (Å²) in [4.78, 5) is 47.3. The van der Waals surface area contributed by atoms with Crippen molar-refractivity contribution >= 4 is 34.4 Å². The van der Waals surface area contributed by atoms with E-state index in [9.17, 15) is 14.4 Å². The summed E-state index contributed by atoms with van der Waals surface area (Å²) in [5, 5.41) is 3.99. The highest BCUT2D eigenvalue weighted by atomic mass is 16.5. The van der Waals surface area contributed by atoms with Gasteiger partial charge in [-0.3, -0.25) is 9.59 Å². The van der Waals surface area contributed by atoms with Gasteiger partial charge in [0, 0.05) is 24.0 Å². The van der Waals surface area contributed by atoms with Crippen molar-refractivity contribution in [2.75, 3.05) is 25.1 Å². The van der Waals surface area contributed by atoms with Gasteiger partial charge in [-0.1, -0.05) is 23.8 Å². The van der Waals surface area contributed by atoms with Crippen molar-refractivity contribution in [3.8, 4) is 5.75 Å². The van der Waals surface area contributed by atoms with Crippen molar-refractivity contribution in [1.29, 1.82) is 0 Å². The molecule has 2 N–H and O–H groups in total. The van der Waals surface area contributed by atoms with Gasteiger partial charge < -0.3 is 19.9 Å². The number of benzene rings is 2. The lowest BCUT2D eigenvalue weighted by Crippen LogP contribution is -2.49. The number of methoxy groups -OCH3 is 1. The Morgan fingerprint density at radius 1 is 1.13 bits per heavy atom. The molecule has 2 aliphatic heterocycles. The van der Waals surface area contributed by atoms with Crippen LogP contribution < -0.4 is 15.0 Å². The molecule has 3 aromatic rings. The molecule has 2 aromatic carbocycles. The average molecular weight is 513 g/mol. The van der Waals surface area contributed by atoms with E-state index in [4.69, 9.17) is 4.74 Å². The predicted molar refractivity (Wildman–Crippen MR) is 145 cm³/mol. The molecule has 1 fully saturated rings. The number of ether oxygens (including phenoxy) is 1. The first-order chi connectivity index (χ1) is 18.4. The Kier molecular flexibility index (Phi) is 5.97. The third-order valence-corrected chi connectivity index (χ3v) is 8.27. The number of hydrogen-bond donors (Lipinski definition) is 2. The number of urea groups is 1. The van der Waals surface area contributed by atoms with Crippen LogP contribution in [0.5, 0.6) is 5.75 Å². The van der Waals surface area contributed by atoms with Crippen molar-refractivity contribution in [3.63, 3.8) is 0 Å². The highest BCUT2D eigenvalue weighted by Crippen LogP contribution is 2.46. The van der Waals surface area contributed by atoms with Crippen LogP contribution in [0.1, 0.15) is 60.6 Å². The summed E-state index contributed by atoms with van der Waals surface area (Å²) < 4.78 is 5.41. The van der Waals surface area contributed by atoms with Gasteiger partial charge in [0.05, 0.1) is 24.1 Å². The fourth-order valence-electron chi connectivity index (χ4n) is 6.18. The molecule has 1 atom stereocenters. The zero-order valence-corrected chi connectivity index (χ0v) is 21.8. The SMILES string of the molecule is COc1ccc2[nH]c3c(c2c1)CCN1C(=O)N(c2ccccc2C(=O)NCCC2=CCCCC2)C(=O)C31C. The molecule has 196 valence electrons. The monoisotopic (exact) mass is 512 g/mol.